The summed E-state index contributed by atoms with van der Waals surface area (Å²) in [6.45, 7) is 1.95. The van der Waals surface area contributed by atoms with E-state index in [-0.39, 0.29) is 18.1 Å². The van der Waals surface area contributed by atoms with Crippen molar-refractivity contribution in [2.45, 2.75) is 31.8 Å². The van der Waals surface area contributed by atoms with Gasteiger partial charge in [-0.05, 0) is 43.0 Å². The van der Waals surface area contributed by atoms with Crippen LogP contribution >= 0.6 is 11.6 Å². The van der Waals surface area contributed by atoms with E-state index >= 15 is 0 Å². The lowest BCUT2D eigenvalue weighted by Gasteiger charge is -2.23. The third-order valence-corrected chi connectivity index (χ3v) is 3.41. The molecule has 1 aliphatic rings. The molecule has 0 heterocycles. The number of hydrogen-bond donors (Lipinski definition) is 1. The maximum absolute atomic E-state index is 13.7. The van der Waals surface area contributed by atoms with Crippen LogP contribution in [0.4, 0.5) is 4.39 Å². The Morgan fingerprint density at radius 3 is 3.00 bits per heavy atom. The highest BCUT2D eigenvalue weighted by atomic mass is 35.5. The summed E-state index contributed by atoms with van der Waals surface area (Å²) in [5.74, 6) is -0.925. The monoisotopic (exact) mass is 272 g/mol. The van der Waals surface area contributed by atoms with Gasteiger partial charge in [-0.1, -0.05) is 11.6 Å². The molecule has 1 aromatic carbocycles. The highest BCUT2D eigenvalue weighted by Crippen LogP contribution is 2.42. The van der Waals surface area contributed by atoms with Crippen molar-refractivity contribution in [1.29, 1.82) is 0 Å². The van der Waals surface area contributed by atoms with Gasteiger partial charge in [-0.25, -0.2) is 4.39 Å². The van der Waals surface area contributed by atoms with Crippen LogP contribution in [0.25, 0.3) is 0 Å². The number of esters is 1. The molecule has 0 radical (unpaired) electrons. The highest BCUT2D eigenvalue weighted by molar-refractivity contribution is 6.30. The van der Waals surface area contributed by atoms with Crippen LogP contribution in [0.5, 0.6) is 0 Å². The second-order valence-electron chi connectivity index (χ2n) is 4.43. The van der Waals surface area contributed by atoms with E-state index < -0.39 is 17.4 Å². The molecule has 1 aromatic rings. The SMILES string of the molecule is CCOC(=O)C[C@]1(O)CCc2c(F)cc(Cl)cc21. The fraction of sp³-hybridized carbons (Fsp3) is 0.462. The molecule has 3 nitrogen and oxygen atoms in total. The summed E-state index contributed by atoms with van der Waals surface area (Å²) in [7, 11) is 0. The molecule has 0 amide bonds. The second-order valence-corrected chi connectivity index (χ2v) is 4.86. The number of halogens is 2. The highest BCUT2D eigenvalue weighted by Gasteiger charge is 2.40. The minimum atomic E-state index is -1.37. The van der Waals surface area contributed by atoms with Crippen LogP contribution in [0, 0.1) is 5.82 Å². The van der Waals surface area contributed by atoms with E-state index in [0.29, 0.717) is 24.0 Å². The number of benzene rings is 1. The van der Waals surface area contributed by atoms with Gasteiger partial charge in [0.15, 0.2) is 0 Å². The summed E-state index contributed by atoms with van der Waals surface area (Å²) < 4.78 is 18.5. The Labute approximate surface area is 110 Å². The number of carbonyl (C=O) groups excluding carboxylic acids is 1. The molecule has 2 rings (SSSR count). The van der Waals surface area contributed by atoms with Gasteiger partial charge in [0.1, 0.15) is 11.4 Å². The van der Waals surface area contributed by atoms with Crippen molar-refractivity contribution in [3.8, 4) is 0 Å². The van der Waals surface area contributed by atoms with Gasteiger partial charge in [-0.2, -0.15) is 0 Å². The molecule has 0 fully saturated rings. The van der Waals surface area contributed by atoms with Gasteiger partial charge >= 0.3 is 5.97 Å². The standard InChI is InChI=1S/C13H14ClFO3/c1-2-18-12(16)7-13(17)4-3-9-10(13)5-8(14)6-11(9)15/h5-6,17H,2-4,7H2,1H3/t13-/m1/s1. The maximum atomic E-state index is 13.7. The molecule has 0 spiro atoms. The molecule has 0 unspecified atom stereocenters. The molecule has 1 aliphatic carbocycles. The van der Waals surface area contributed by atoms with Crippen molar-refractivity contribution in [3.63, 3.8) is 0 Å². The van der Waals surface area contributed by atoms with E-state index in [2.05, 4.69) is 0 Å². The zero-order chi connectivity index (χ0) is 13.3. The van der Waals surface area contributed by atoms with Gasteiger partial charge in [-0.3, -0.25) is 4.79 Å². The third-order valence-electron chi connectivity index (χ3n) is 3.19. The number of rotatable bonds is 3. The molecule has 0 saturated heterocycles. The quantitative estimate of drug-likeness (QED) is 0.860. The van der Waals surface area contributed by atoms with Crippen LogP contribution in [0.2, 0.25) is 5.02 Å². The van der Waals surface area contributed by atoms with Crippen molar-refractivity contribution >= 4 is 17.6 Å². The van der Waals surface area contributed by atoms with Gasteiger partial charge in [0.25, 0.3) is 0 Å². The molecule has 5 heteroatoms. The number of hydrogen-bond acceptors (Lipinski definition) is 3. The number of carbonyl (C=O) groups is 1. The lowest BCUT2D eigenvalue weighted by molar-refractivity contribution is -0.149. The summed E-state index contributed by atoms with van der Waals surface area (Å²) in [4.78, 5) is 11.5. The Bertz CT molecular complexity index is 489. The van der Waals surface area contributed by atoms with E-state index in [1.165, 1.54) is 12.1 Å². The smallest absolute Gasteiger partial charge is 0.309 e. The molecule has 0 bridgehead atoms. The Balaban J connectivity index is 2.32. The van der Waals surface area contributed by atoms with Gasteiger partial charge in [0, 0.05) is 5.02 Å². The first-order chi connectivity index (χ1) is 8.46. The molecule has 18 heavy (non-hydrogen) atoms. The summed E-state index contributed by atoms with van der Waals surface area (Å²) >= 11 is 5.79. The topological polar surface area (TPSA) is 46.5 Å². The first kappa shape index (κ1) is 13.3. The first-order valence-corrected chi connectivity index (χ1v) is 6.20. The lowest BCUT2D eigenvalue weighted by atomic mass is 9.92. The van der Waals surface area contributed by atoms with Crippen LogP contribution < -0.4 is 0 Å². The van der Waals surface area contributed by atoms with Crippen molar-refractivity contribution in [2.24, 2.45) is 0 Å². The molecular weight excluding hydrogens is 259 g/mol. The van der Waals surface area contributed by atoms with Crippen LogP contribution in [-0.2, 0) is 21.6 Å². The fourth-order valence-electron chi connectivity index (χ4n) is 2.37. The van der Waals surface area contributed by atoms with Crippen LogP contribution in [0.3, 0.4) is 0 Å². The van der Waals surface area contributed by atoms with E-state index in [1.54, 1.807) is 6.92 Å². The van der Waals surface area contributed by atoms with E-state index in [1.807, 2.05) is 0 Å². The summed E-state index contributed by atoms with van der Waals surface area (Å²) in [6, 6.07) is 2.74. The normalized spacial score (nSPS) is 21.8. The van der Waals surface area contributed by atoms with Crippen LogP contribution in [0.15, 0.2) is 12.1 Å². The predicted molar refractivity (Wildman–Crippen MR) is 64.9 cm³/mol. The van der Waals surface area contributed by atoms with Crippen molar-refractivity contribution < 1.29 is 19.0 Å². The van der Waals surface area contributed by atoms with Gasteiger partial charge in [0.05, 0.1) is 13.0 Å². The zero-order valence-electron chi connectivity index (χ0n) is 10.0. The molecule has 1 atom stereocenters. The maximum Gasteiger partial charge on any atom is 0.309 e. The molecular formula is C13H14ClFO3. The third kappa shape index (κ3) is 2.35. The van der Waals surface area contributed by atoms with E-state index in [4.69, 9.17) is 16.3 Å². The summed E-state index contributed by atoms with van der Waals surface area (Å²) in [5.41, 5.74) is -0.528. The fourth-order valence-corrected chi connectivity index (χ4v) is 2.58. The summed E-state index contributed by atoms with van der Waals surface area (Å²) in [6.07, 6.45) is 0.528. The van der Waals surface area contributed by atoms with Gasteiger partial charge < -0.3 is 9.84 Å². The minimum Gasteiger partial charge on any atom is -0.466 e. The lowest BCUT2D eigenvalue weighted by Crippen LogP contribution is -2.27. The van der Waals surface area contributed by atoms with E-state index in [9.17, 15) is 14.3 Å². The zero-order valence-corrected chi connectivity index (χ0v) is 10.8. The first-order valence-electron chi connectivity index (χ1n) is 5.82. The van der Waals surface area contributed by atoms with Crippen LogP contribution in [0.1, 0.15) is 30.9 Å². The Morgan fingerprint density at radius 2 is 2.33 bits per heavy atom. The number of ether oxygens (including phenoxy) is 1. The Morgan fingerprint density at radius 1 is 1.61 bits per heavy atom. The molecule has 0 aromatic heterocycles. The molecule has 98 valence electrons. The molecule has 0 saturated carbocycles. The van der Waals surface area contributed by atoms with E-state index in [0.717, 1.165) is 0 Å². The van der Waals surface area contributed by atoms with Crippen molar-refractivity contribution in [3.05, 3.63) is 34.1 Å². The van der Waals surface area contributed by atoms with Gasteiger partial charge in [-0.15, -0.1) is 0 Å². The number of aliphatic hydroxyl groups is 1. The average molecular weight is 273 g/mol. The Hall–Kier alpha value is -1.13. The van der Waals surface area contributed by atoms with Crippen molar-refractivity contribution in [2.75, 3.05) is 6.61 Å². The van der Waals surface area contributed by atoms with Gasteiger partial charge in [0.2, 0.25) is 0 Å². The summed E-state index contributed by atoms with van der Waals surface area (Å²) in [5, 5.41) is 10.7. The Kier molecular flexibility index (Phi) is 3.59. The molecule has 0 aliphatic heterocycles. The average Bonchev–Trinajstić information content (AvgIpc) is 2.57. The number of fused-ring (bicyclic) bond motifs is 1. The molecule has 1 N–H and O–H groups in total. The van der Waals surface area contributed by atoms with Crippen molar-refractivity contribution in [1.82, 2.24) is 0 Å². The minimum absolute atomic E-state index is 0.173. The van der Waals surface area contributed by atoms with Crippen LogP contribution in [-0.4, -0.2) is 17.7 Å². The largest absolute Gasteiger partial charge is 0.466 e. The second kappa shape index (κ2) is 4.86. The predicted octanol–water partition coefficient (Wildman–Crippen LogP) is 2.57.